The molecule has 0 atom stereocenters. The number of hydrogen-bond donors (Lipinski definition) is 0. The summed E-state index contributed by atoms with van der Waals surface area (Å²) in [7, 11) is 12.4. The van der Waals surface area contributed by atoms with Crippen molar-refractivity contribution in [1.82, 2.24) is 0 Å². The van der Waals surface area contributed by atoms with E-state index in [1.807, 2.05) is 30.3 Å². The molecule has 0 aliphatic rings. The van der Waals surface area contributed by atoms with E-state index in [-0.39, 0.29) is 0 Å². The Labute approximate surface area is 95.6 Å². The Hall–Kier alpha value is 0.588. The Bertz CT molecular complexity index is 327. The Balaban J connectivity index is 3.14. The summed E-state index contributed by atoms with van der Waals surface area (Å²) in [6.07, 6.45) is 0. The fourth-order valence-corrected chi connectivity index (χ4v) is 11.6. The monoisotopic (exact) mass is 433 g/mol. The second-order valence-corrected chi connectivity index (χ2v) is 33.0. The number of benzene rings is 1. The van der Waals surface area contributed by atoms with E-state index < -0.39 is 18.8 Å². The normalized spacial score (nSPS) is 14.9. The standard InChI is InChI=1S/C8H11P.CHO.2ClH.Pt/c1-9(2)8-6-4-3-5-7-8;1-2;;;/h3-7H,1-2H3;1H;2*1H;/q;;;;+1/p-1. The Kier molecular flexibility index (Phi) is 4.18. The molecule has 0 spiro atoms. The van der Waals surface area contributed by atoms with Gasteiger partial charge in [0.05, 0.1) is 0 Å². The first-order chi connectivity index (χ1) is 6.42. The van der Waals surface area contributed by atoms with Gasteiger partial charge in [0.25, 0.3) is 0 Å². The number of carbonyl (C=O) groups excluding carboxylic acids is 1. The summed E-state index contributed by atoms with van der Waals surface area (Å²) in [6, 6.07) is 9.89. The maximum atomic E-state index is 10.9. The van der Waals surface area contributed by atoms with Gasteiger partial charge >= 0.3 is 96.1 Å². The molecule has 0 fully saturated rings. The SMILES string of the molecule is C[PH](C)(c1ccccc1)[Pt]([Cl])([Cl])[CH]=O. The van der Waals surface area contributed by atoms with Gasteiger partial charge < -0.3 is 0 Å². The van der Waals surface area contributed by atoms with Crippen molar-refractivity contribution in [2.24, 2.45) is 0 Å². The molecule has 1 aromatic rings. The molecule has 0 N–H and O–H groups in total. The van der Waals surface area contributed by atoms with E-state index in [9.17, 15) is 4.79 Å². The molecule has 0 aromatic heterocycles. The van der Waals surface area contributed by atoms with Gasteiger partial charge in [0, 0.05) is 0 Å². The van der Waals surface area contributed by atoms with Crippen LogP contribution in [0.3, 0.4) is 0 Å². The summed E-state index contributed by atoms with van der Waals surface area (Å²) in [6.45, 7) is 4.13. The molecule has 0 saturated carbocycles. The van der Waals surface area contributed by atoms with Crippen LogP contribution in [0.4, 0.5) is 0 Å². The fraction of sp³-hybridized carbons (Fsp3) is 0.222. The second kappa shape index (κ2) is 4.62. The molecule has 14 heavy (non-hydrogen) atoms. The van der Waals surface area contributed by atoms with Gasteiger partial charge in [-0.2, -0.15) is 0 Å². The van der Waals surface area contributed by atoms with Gasteiger partial charge in [0.1, 0.15) is 0 Å². The first-order valence-corrected chi connectivity index (χ1v) is 17.1. The summed E-state index contributed by atoms with van der Waals surface area (Å²) in [5.41, 5.74) is 0. The van der Waals surface area contributed by atoms with Crippen LogP contribution in [-0.4, -0.2) is 18.0 Å². The predicted octanol–water partition coefficient (Wildman–Crippen LogP) is 2.89. The van der Waals surface area contributed by atoms with Crippen molar-refractivity contribution >= 4 is 34.2 Å². The van der Waals surface area contributed by atoms with Gasteiger partial charge in [0.15, 0.2) is 0 Å². The van der Waals surface area contributed by atoms with E-state index in [4.69, 9.17) is 18.8 Å². The fourth-order valence-electron chi connectivity index (χ4n) is 1.04. The van der Waals surface area contributed by atoms with Gasteiger partial charge in [0.2, 0.25) is 0 Å². The minimum absolute atomic E-state index is 0.815. The van der Waals surface area contributed by atoms with E-state index in [0.29, 0.717) is 0 Å². The molecule has 84 valence electrons. The van der Waals surface area contributed by atoms with Crippen LogP contribution >= 0.6 is 24.2 Å². The number of rotatable bonds is 3. The topological polar surface area (TPSA) is 17.1 Å². The van der Waals surface area contributed by atoms with E-state index in [0.717, 1.165) is 9.98 Å². The third-order valence-corrected chi connectivity index (χ3v) is 35.0. The molecule has 1 aromatic carbocycles. The van der Waals surface area contributed by atoms with Crippen LogP contribution in [0.5, 0.6) is 0 Å². The molecule has 5 heteroatoms. The zero-order valence-electron chi connectivity index (χ0n) is 7.94. The van der Waals surface area contributed by atoms with Crippen molar-refractivity contribution in [1.29, 1.82) is 0 Å². The van der Waals surface area contributed by atoms with Gasteiger partial charge in [-0.15, -0.1) is 0 Å². The van der Waals surface area contributed by atoms with Crippen molar-refractivity contribution < 1.29 is 18.3 Å². The van der Waals surface area contributed by atoms with E-state index in [2.05, 4.69) is 13.3 Å². The quantitative estimate of drug-likeness (QED) is 0.529. The van der Waals surface area contributed by atoms with E-state index in [1.165, 1.54) is 0 Å². The maximum absolute atomic E-state index is 10.9. The third kappa shape index (κ3) is 2.39. The van der Waals surface area contributed by atoms with Crippen molar-refractivity contribution in [3.63, 3.8) is 0 Å². The van der Waals surface area contributed by atoms with Crippen LogP contribution in [0.15, 0.2) is 30.3 Å². The zero-order chi connectivity index (χ0) is 10.8. The molecule has 0 unspecified atom stereocenters. The molecule has 1 rings (SSSR count). The summed E-state index contributed by atoms with van der Waals surface area (Å²) in [5, 5.41) is -0.803. The van der Waals surface area contributed by atoms with Gasteiger partial charge in [-0.25, -0.2) is 0 Å². The average Bonchev–Trinajstić information content (AvgIpc) is 2.19. The molecule has 0 heterocycles. The van der Waals surface area contributed by atoms with Crippen LogP contribution < -0.4 is 5.30 Å². The molecule has 1 nitrogen and oxygen atoms in total. The Morgan fingerprint density at radius 2 is 1.71 bits per heavy atom. The second-order valence-electron chi connectivity index (χ2n) is 3.23. The van der Waals surface area contributed by atoms with Crippen LogP contribution in [0.2, 0.25) is 0 Å². The van der Waals surface area contributed by atoms with E-state index >= 15 is 0 Å². The van der Waals surface area contributed by atoms with Crippen LogP contribution in [0.25, 0.3) is 0 Å². The molecule has 0 aliphatic heterocycles. The Morgan fingerprint density at radius 1 is 1.21 bits per heavy atom. The average molecular weight is 434 g/mol. The number of halogens is 2. The summed E-state index contributed by atoms with van der Waals surface area (Å²) in [4.78, 5) is 10.9. The molecule has 0 radical (unpaired) electrons. The van der Waals surface area contributed by atoms with Crippen molar-refractivity contribution in [3.8, 4) is 0 Å². The molecule has 0 bridgehead atoms. The summed E-state index contributed by atoms with van der Waals surface area (Å²) >= 11 is -3.19. The van der Waals surface area contributed by atoms with Gasteiger partial charge in [-0.05, 0) is 0 Å². The third-order valence-electron chi connectivity index (χ3n) is 2.06. The van der Waals surface area contributed by atoms with Crippen LogP contribution in [0, 0.1) is 0 Å². The van der Waals surface area contributed by atoms with E-state index in [1.54, 1.807) is 0 Å². The van der Waals surface area contributed by atoms with Crippen LogP contribution in [0.1, 0.15) is 0 Å². The molecular weight excluding hydrogens is 421 g/mol. The van der Waals surface area contributed by atoms with Gasteiger partial charge in [-0.1, -0.05) is 0 Å². The first-order valence-electron chi connectivity index (χ1n) is 3.98. The van der Waals surface area contributed by atoms with Crippen LogP contribution in [-0.2, 0) is 18.3 Å². The summed E-state index contributed by atoms with van der Waals surface area (Å²) in [5.74, 6) is 0. The van der Waals surface area contributed by atoms with Crippen molar-refractivity contribution in [3.05, 3.63) is 30.3 Å². The Morgan fingerprint density at radius 3 is 2.14 bits per heavy atom. The minimum atomic E-state index is -3.19. The molecule has 0 amide bonds. The first kappa shape index (κ1) is 12.7. The number of hydrogen-bond acceptors (Lipinski definition) is 1. The molecule has 0 aliphatic carbocycles. The zero-order valence-corrected chi connectivity index (χ0v) is 12.7. The van der Waals surface area contributed by atoms with Crippen molar-refractivity contribution in [2.75, 3.05) is 13.3 Å². The molecule has 0 saturated heterocycles. The number of carbonyl (C=O) groups is 1. The summed E-state index contributed by atoms with van der Waals surface area (Å²) < 4.78 is 0.815. The van der Waals surface area contributed by atoms with Gasteiger partial charge in [-0.3, -0.25) is 0 Å². The van der Waals surface area contributed by atoms with Crippen molar-refractivity contribution in [2.45, 2.75) is 0 Å². The predicted molar refractivity (Wildman–Crippen MR) is 64.7 cm³/mol. The molecular formula is C9H13Cl2OPPt.